The molecule has 96 valence electrons. The molecule has 0 atom stereocenters. The molecule has 0 aliphatic heterocycles. The Labute approximate surface area is 108 Å². The Bertz CT molecular complexity index is 783. The molecule has 5 nitrogen and oxygen atoms in total. The van der Waals surface area contributed by atoms with Crippen LogP contribution in [-0.4, -0.2) is 25.7 Å². The minimum atomic E-state index is -0.984. The highest BCUT2D eigenvalue weighted by molar-refractivity contribution is 5.89. The molecule has 0 radical (unpaired) electrons. The number of aryl methyl sites for hydroxylation is 1. The highest BCUT2D eigenvalue weighted by atomic mass is 16.4. The zero-order valence-electron chi connectivity index (χ0n) is 10.2. The van der Waals surface area contributed by atoms with Crippen LogP contribution in [0.4, 0.5) is 0 Å². The molecule has 0 bridgehead atoms. The van der Waals surface area contributed by atoms with E-state index in [-0.39, 0.29) is 11.4 Å². The van der Waals surface area contributed by atoms with Gasteiger partial charge in [-0.25, -0.2) is 4.79 Å². The number of fused-ring (bicyclic) bond motifs is 1. The molecular weight excluding hydrogens is 244 g/mol. The Morgan fingerprint density at radius 1 is 1.21 bits per heavy atom. The van der Waals surface area contributed by atoms with E-state index in [1.165, 1.54) is 6.07 Å². The molecule has 0 fully saturated rings. The van der Waals surface area contributed by atoms with Crippen molar-refractivity contribution in [1.29, 1.82) is 0 Å². The summed E-state index contributed by atoms with van der Waals surface area (Å²) in [6.45, 7) is 0. The highest BCUT2D eigenvalue weighted by Crippen LogP contribution is 2.28. The van der Waals surface area contributed by atoms with Crippen molar-refractivity contribution >= 4 is 16.9 Å². The fourth-order valence-electron chi connectivity index (χ4n) is 2.25. The van der Waals surface area contributed by atoms with Crippen molar-refractivity contribution in [3.05, 3.63) is 42.1 Å². The second-order valence-electron chi connectivity index (χ2n) is 4.42. The van der Waals surface area contributed by atoms with Crippen molar-refractivity contribution in [3.8, 4) is 17.1 Å². The summed E-state index contributed by atoms with van der Waals surface area (Å²) in [7, 11) is 1.87. The zero-order valence-corrected chi connectivity index (χ0v) is 10.2. The summed E-state index contributed by atoms with van der Waals surface area (Å²) in [4.78, 5) is 13.7. The van der Waals surface area contributed by atoms with Crippen LogP contribution in [0.25, 0.3) is 22.3 Å². The Balaban J connectivity index is 2.19. The minimum absolute atomic E-state index is 0.156. The van der Waals surface area contributed by atoms with Gasteiger partial charge in [-0.1, -0.05) is 0 Å². The van der Waals surface area contributed by atoms with Gasteiger partial charge in [0.1, 0.15) is 11.4 Å². The van der Waals surface area contributed by atoms with Gasteiger partial charge in [-0.2, -0.15) is 0 Å². The molecule has 19 heavy (non-hydrogen) atoms. The molecule has 1 aromatic carbocycles. The Kier molecular flexibility index (Phi) is 2.35. The molecule has 0 spiro atoms. The number of hydrogen-bond donors (Lipinski definition) is 3. The number of phenolic OH excluding ortho intramolecular Hbond substituents is 1. The number of carboxylic acids is 1. The van der Waals surface area contributed by atoms with Crippen LogP contribution in [0.15, 0.2) is 36.4 Å². The van der Waals surface area contributed by atoms with Crippen LogP contribution in [0.1, 0.15) is 10.5 Å². The number of aromatic amines is 1. The molecule has 0 amide bonds. The van der Waals surface area contributed by atoms with E-state index in [2.05, 4.69) is 4.98 Å². The van der Waals surface area contributed by atoms with Gasteiger partial charge in [0.15, 0.2) is 0 Å². The first-order valence-corrected chi connectivity index (χ1v) is 5.77. The molecule has 3 rings (SSSR count). The van der Waals surface area contributed by atoms with E-state index < -0.39 is 5.97 Å². The average molecular weight is 256 g/mol. The lowest BCUT2D eigenvalue weighted by Crippen LogP contribution is -1.96. The van der Waals surface area contributed by atoms with E-state index in [9.17, 15) is 9.90 Å². The third kappa shape index (κ3) is 1.76. The van der Waals surface area contributed by atoms with Gasteiger partial charge in [-0.05, 0) is 30.3 Å². The van der Waals surface area contributed by atoms with Gasteiger partial charge in [0.2, 0.25) is 0 Å². The van der Waals surface area contributed by atoms with Gasteiger partial charge in [-0.3, -0.25) is 0 Å². The number of aromatic carboxylic acids is 1. The van der Waals surface area contributed by atoms with E-state index >= 15 is 0 Å². The third-order valence-corrected chi connectivity index (χ3v) is 3.22. The molecule has 0 unspecified atom stereocenters. The van der Waals surface area contributed by atoms with Crippen LogP contribution in [0.3, 0.4) is 0 Å². The predicted molar refractivity (Wildman–Crippen MR) is 71.3 cm³/mol. The summed E-state index contributed by atoms with van der Waals surface area (Å²) in [5.41, 5.74) is 2.65. The second-order valence-corrected chi connectivity index (χ2v) is 4.42. The van der Waals surface area contributed by atoms with Gasteiger partial charge in [0.05, 0.1) is 16.9 Å². The molecule has 0 aliphatic carbocycles. The van der Waals surface area contributed by atoms with Crippen molar-refractivity contribution < 1.29 is 15.0 Å². The molecule has 5 heteroatoms. The smallest absolute Gasteiger partial charge is 0.352 e. The fraction of sp³-hybridized carbons (Fsp3) is 0.0714. The molecule has 2 heterocycles. The van der Waals surface area contributed by atoms with Gasteiger partial charge >= 0.3 is 5.97 Å². The zero-order chi connectivity index (χ0) is 13.6. The van der Waals surface area contributed by atoms with Gasteiger partial charge < -0.3 is 19.8 Å². The average Bonchev–Trinajstić information content (AvgIpc) is 2.95. The van der Waals surface area contributed by atoms with E-state index in [0.29, 0.717) is 0 Å². The van der Waals surface area contributed by atoms with Gasteiger partial charge in [0.25, 0.3) is 0 Å². The number of nitrogens with one attached hydrogen (secondary N) is 1. The van der Waals surface area contributed by atoms with E-state index in [4.69, 9.17) is 5.11 Å². The fourth-order valence-corrected chi connectivity index (χ4v) is 2.25. The number of hydrogen-bond acceptors (Lipinski definition) is 2. The predicted octanol–water partition coefficient (Wildman–Crippen LogP) is 2.58. The second kappa shape index (κ2) is 3.91. The lowest BCUT2D eigenvalue weighted by atomic mass is 10.2. The number of aromatic nitrogens is 2. The summed E-state index contributed by atoms with van der Waals surface area (Å²) in [6.07, 6.45) is 0. The number of benzene rings is 1. The van der Waals surface area contributed by atoms with E-state index in [0.717, 1.165) is 22.3 Å². The number of rotatable bonds is 2. The quantitative estimate of drug-likeness (QED) is 0.659. The summed E-state index contributed by atoms with van der Waals surface area (Å²) >= 11 is 0. The first kappa shape index (κ1) is 11.4. The SMILES string of the molecule is Cn1c(-c2ccc(C(=O)O)[nH]2)cc2ccc(O)cc21. The van der Waals surface area contributed by atoms with Crippen LogP contribution in [0.2, 0.25) is 0 Å². The summed E-state index contributed by atoms with van der Waals surface area (Å²) < 4.78 is 1.91. The standard InChI is InChI=1S/C14H12N2O3/c1-16-12-7-9(17)3-2-8(12)6-13(16)10-4-5-11(15-10)14(18)19/h2-7,15,17H,1H3,(H,18,19). The molecule has 3 N–H and O–H groups in total. The van der Waals surface area contributed by atoms with Crippen LogP contribution >= 0.6 is 0 Å². The number of carboxylic acid groups (broad SMARTS) is 1. The minimum Gasteiger partial charge on any atom is -0.508 e. The molecule has 0 saturated carbocycles. The summed E-state index contributed by atoms with van der Waals surface area (Å²) in [5.74, 6) is -0.777. The summed E-state index contributed by atoms with van der Waals surface area (Å²) in [6, 6.07) is 10.4. The molecule has 2 aromatic heterocycles. The normalized spacial score (nSPS) is 11.0. The molecular formula is C14H12N2O3. The molecule has 0 saturated heterocycles. The highest BCUT2D eigenvalue weighted by Gasteiger charge is 2.12. The maximum Gasteiger partial charge on any atom is 0.352 e. The number of phenols is 1. The first-order chi connectivity index (χ1) is 9.06. The topological polar surface area (TPSA) is 78.2 Å². The summed E-state index contributed by atoms with van der Waals surface area (Å²) in [5, 5.41) is 19.4. The largest absolute Gasteiger partial charge is 0.508 e. The van der Waals surface area contributed by atoms with E-state index in [1.807, 2.05) is 23.7 Å². The molecule has 0 aliphatic rings. The maximum absolute atomic E-state index is 10.9. The number of H-pyrrole nitrogens is 1. The van der Waals surface area contributed by atoms with Crippen molar-refractivity contribution in [2.75, 3.05) is 0 Å². The Morgan fingerprint density at radius 3 is 2.68 bits per heavy atom. The number of carbonyl (C=O) groups is 1. The van der Waals surface area contributed by atoms with Crippen LogP contribution in [-0.2, 0) is 7.05 Å². The van der Waals surface area contributed by atoms with Crippen LogP contribution < -0.4 is 0 Å². The number of nitrogens with zero attached hydrogens (tertiary/aromatic N) is 1. The first-order valence-electron chi connectivity index (χ1n) is 5.77. The monoisotopic (exact) mass is 256 g/mol. The number of aromatic hydroxyl groups is 1. The van der Waals surface area contributed by atoms with Crippen molar-refractivity contribution in [1.82, 2.24) is 9.55 Å². The lowest BCUT2D eigenvalue weighted by molar-refractivity contribution is 0.0691. The molecule has 3 aromatic rings. The van der Waals surface area contributed by atoms with Crippen molar-refractivity contribution in [2.24, 2.45) is 7.05 Å². The van der Waals surface area contributed by atoms with Gasteiger partial charge in [-0.15, -0.1) is 0 Å². The van der Waals surface area contributed by atoms with Gasteiger partial charge in [0, 0.05) is 18.5 Å². The Hall–Kier alpha value is -2.69. The third-order valence-electron chi connectivity index (χ3n) is 3.22. The van der Waals surface area contributed by atoms with Crippen molar-refractivity contribution in [3.63, 3.8) is 0 Å². The van der Waals surface area contributed by atoms with E-state index in [1.54, 1.807) is 18.2 Å². The Morgan fingerprint density at radius 2 is 2.00 bits per heavy atom. The van der Waals surface area contributed by atoms with Crippen LogP contribution in [0, 0.1) is 0 Å². The maximum atomic E-state index is 10.9. The van der Waals surface area contributed by atoms with Crippen LogP contribution in [0.5, 0.6) is 5.75 Å². The van der Waals surface area contributed by atoms with Crippen molar-refractivity contribution in [2.45, 2.75) is 0 Å². The lowest BCUT2D eigenvalue weighted by Gasteiger charge is -2.02.